The molecule has 2 amide bonds. The van der Waals surface area contributed by atoms with E-state index in [1.165, 1.54) is 24.1 Å². The highest BCUT2D eigenvalue weighted by atomic mass is 32.2. The van der Waals surface area contributed by atoms with Crippen LogP contribution in [0.15, 0.2) is 47.4 Å². The molecule has 2 N–H and O–H groups in total. The van der Waals surface area contributed by atoms with E-state index in [2.05, 4.69) is 10.0 Å². The summed E-state index contributed by atoms with van der Waals surface area (Å²) in [6.45, 7) is 0.0763. The molecule has 0 aromatic heterocycles. The highest BCUT2D eigenvalue weighted by Crippen LogP contribution is 2.26. The van der Waals surface area contributed by atoms with Gasteiger partial charge in [-0.05, 0) is 36.9 Å². The Morgan fingerprint density at radius 2 is 1.86 bits per heavy atom. The Kier molecular flexibility index (Phi) is 5.94. The first-order chi connectivity index (χ1) is 13.7. The average molecular weight is 423 g/mol. The summed E-state index contributed by atoms with van der Waals surface area (Å²) in [5.74, 6) is -3.11. The van der Waals surface area contributed by atoms with Gasteiger partial charge in [0.1, 0.15) is 11.6 Å². The minimum atomic E-state index is -3.60. The van der Waals surface area contributed by atoms with Gasteiger partial charge >= 0.3 is 0 Å². The zero-order valence-corrected chi connectivity index (χ0v) is 16.3. The first kappa shape index (κ1) is 20.9. The second kappa shape index (κ2) is 8.26. The molecule has 7 nitrogen and oxygen atoms in total. The van der Waals surface area contributed by atoms with Gasteiger partial charge in [-0.15, -0.1) is 0 Å². The van der Waals surface area contributed by atoms with Gasteiger partial charge in [-0.1, -0.05) is 12.1 Å². The van der Waals surface area contributed by atoms with Crippen molar-refractivity contribution in [2.24, 2.45) is 5.92 Å². The molecule has 0 spiro atoms. The lowest BCUT2D eigenvalue weighted by Gasteiger charge is -2.17. The maximum Gasteiger partial charge on any atom is 0.240 e. The third-order valence-electron chi connectivity index (χ3n) is 4.60. The second-order valence-corrected chi connectivity index (χ2v) is 8.49. The van der Waals surface area contributed by atoms with Crippen LogP contribution in [-0.4, -0.2) is 33.8 Å². The molecule has 1 heterocycles. The van der Waals surface area contributed by atoms with E-state index in [4.69, 9.17) is 0 Å². The van der Waals surface area contributed by atoms with Crippen LogP contribution in [-0.2, 0) is 26.2 Å². The Morgan fingerprint density at radius 1 is 1.17 bits per heavy atom. The van der Waals surface area contributed by atoms with E-state index in [0.717, 1.165) is 12.1 Å². The number of anilines is 1. The van der Waals surface area contributed by atoms with Crippen LogP contribution < -0.4 is 14.9 Å². The van der Waals surface area contributed by atoms with E-state index in [1.54, 1.807) is 12.1 Å². The van der Waals surface area contributed by atoms with E-state index in [0.29, 0.717) is 11.6 Å². The van der Waals surface area contributed by atoms with Crippen molar-refractivity contribution < 1.29 is 26.8 Å². The number of halogens is 2. The summed E-state index contributed by atoms with van der Waals surface area (Å²) >= 11 is 0. The Bertz CT molecular complexity index is 1040. The molecule has 1 unspecified atom stereocenters. The predicted octanol–water partition coefficient (Wildman–Crippen LogP) is 1.54. The van der Waals surface area contributed by atoms with Crippen molar-refractivity contribution in [1.82, 2.24) is 10.0 Å². The minimum Gasteiger partial charge on any atom is -0.352 e. The second-order valence-electron chi connectivity index (χ2n) is 6.61. The Hall–Kier alpha value is -2.85. The number of nitrogens with one attached hydrogen (secondary N) is 2. The zero-order valence-electron chi connectivity index (χ0n) is 15.5. The van der Waals surface area contributed by atoms with Crippen LogP contribution in [0.4, 0.5) is 14.5 Å². The summed E-state index contributed by atoms with van der Waals surface area (Å²) in [6, 6.07) is 8.87. The van der Waals surface area contributed by atoms with E-state index in [1.807, 2.05) is 0 Å². The summed E-state index contributed by atoms with van der Waals surface area (Å²) in [7, 11) is -2.30. The van der Waals surface area contributed by atoms with E-state index in [-0.39, 0.29) is 30.1 Å². The van der Waals surface area contributed by atoms with Gasteiger partial charge in [-0.2, -0.15) is 0 Å². The molecule has 1 aliphatic rings. The fraction of sp³-hybridized carbons (Fsp3) is 0.263. The fourth-order valence-corrected chi connectivity index (χ4v) is 3.90. The van der Waals surface area contributed by atoms with Gasteiger partial charge in [0.2, 0.25) is 21.8 Å². The molecular formula is C19H19F2N3O4S. The molecule has 10 heteroatoms. The van der Waals surface area contributed by atoms with Crippen molar-refractivity contribution in [3.05, 3.63) is 59.7 Å². The van der Waals surface area contributed by atoms with Crippen molar-refractivity contribution in [3.8, 4) is 0 Å². The fourth-order valence-electron chi connectivity index (χ4n) is 3.10. The lowest BCUT2D eigenvalue weighted by molar-refractivity contribution is -0.126. The number of hydrogen-bond acceptors (Lipinski definition) is 4. The molecule has 1 atom stereocenters. The Labute approximate surface area is 166 Å². The van der Waals surface area contributed by atoms with Crippen LogP contribution >= 0.6 is 0 Å². The van der Waals surface area contributed by atoms with Crippen molar-refractivity contribution in [2.75, 3.05) is 18.5 Å². The summed E-state index contributed by atoms with van der Waals surface area (Å²) in [6.07, 6.45) is -0.0852. The van der Waals surface area contributed by atoms with Crippen LogP contribution in [0.2, 0.25) is 0 Å². The van der Waals surface area contributed by atoms with Crippen molar-refractivity contribution >= 4 is 27.5 Å². The lowest BCUT2D eigenvalue weighted by Crippen LogP contribution is -2.32. The number of hydrogen-bond donors (Lipinski definition) is 2. The number of benzene rings is 2. The van der Waals surface area contributed by atoms with Crippen LogP contribution in [0.1, 0.15) is 12.0 Å². The number of carbonyl (C=O) groups excluding carboxylic acids is 2. The van der Waals surface area contributed by atoms with Gasteiger partial charge in [0.05, 0.1) is 10.8 Å². The molecule has 3 rings (SSSR count). The monoisotopic (exact) mass is 423 g/mol. The van der Waals surface area contributed by atoms with Crippen LogP contribution in [0, 0.1) is 17.6 Å². The van der Waals surface area contributed by atoms with Gasteiger partial charge in [0.25, 0.3) is 0 Å². The summed E-state index contributed by atoms with van der Waals surface area (Å²) in [5, 5.41) is 2.67. The van der Waals surface area contributed by atoms with Gasteiger partial charge in [-0.3, -0.25) is 9.59 Å². The highest BCUT2D eigenvalue weighted by molar-refractivity contribution is 7.89. The van der Waals surface area contributed by atoms with Crippen LogP contribution in [0.5, 0.6) is 0 Å². The van der Waals surface area contributed by atoms with E-state index in [9.17, 15) is 26.8 Å². The molecule has 0 bridgehead atoms. The number of amides is 2. The largest absolute Gasteiger partial charge is 0.352 e. The third-order valence-corrected chi connectivity index (χ3v) is 6.01. The molecule has 29 heavy (non-hydrogen) atoms. The van der Waals surface area contributed by atoms with Gasteiger partial charge in [-0.25, -0.2) is 21.9 Å². The Balaban J connectivity index is 1.65. The van der Waals surface area contributed by atoms with E-state index >= 15 is 0 Å². The normalized spacial score (nSPS) is 16.9. The van der Waals surface area contributed by atoms with E-state index < -0.39 is 39.4 Å². The molecule has 0 aliphatic carbocycles. The molecular weight excluding hydrogens is 404 g/mol. The topological polar surface area (TPSA) is 95.6 Å². The number of carbonyl (C=O) groups is 2. The summed E-state index contributed by atoms with van der Waals surface area (Å²) in [4.78, 5) is 25.9. The Morgan fingerprint density at radius 3 is 2.52 bits per heavy atom. The molecule has 1 saturated heterocycles. The summed E-state index contributed by atoms with van der Waals surface area (Å²) in [5.41, 5.74) is 0.635. The average Bonchev–Trinajstić information content (AvgIpc) is 3.07. The first-order valence-electron chi connectivity index (χ1n) is 8.76. The quantitative estimate of drug-likeness (QED) is 0.737. The van der Waals surface area contributed by atoms with Crippen molar-refractivity contribution in [3.63, 3.8) is 0 Å². The minimum absolute atomic E-state index is 0.00172. The molecule has 0 saturated carbocycles. The zero-order chi connectivity index (χ0) is 21.2. The molecule has 2 aromatic carbocycles. The highest BCUT2D eigenvalue weighted by Gasteiger charge is 2.35. The third kappa shape index (κ3) is 4.77. The van der Waals surface area contributed by atoms with Crippen LogP contribution in [0.25, 0.3) is 0 Å². The number of rotatable bonds is 6. The lowest BCUT2D eigenvalue weighted by atomic mass is 10.1. The SMILES string of the molecule is CNS(=O)(=O)c1cccc(CNC(=O)C2CC(=O)N(c3cc(F)cc(F)c3)C2)c1. The first-order valence-corrected chi connectivity index (χ1v) is 10.2. The molecule has 154 valence electrons. The van der Waals surface area contributed by atoms with Gasteiger partial charge < -0.3 is 10.2 Å². The standard InChI is InChI=1S/C19H19F2N3O4S/c1-22-29(27,28)17-4-2-3-12(5-17)10-23-19(26)13-6-18(25)24(11-13)16-8-14(20)7-15(21)9-16/h2-5,7-9,13,22H,6,10-11H2,1H3,(H,23,26). The van der Waals surface area contributed by atoms with Crippen LogP contribution in [0.3, 0.4) is 0 Å². The molecule has 1 aliphatic heterocycles. The van der Waals surface area contributed by atoms with Crippen molar-refractivity contribution in [2.45, 2.75) is 17.9 Å². The van der Waals surface area contributed by atoms with Gasteiger partial charge in [0, 0.05) is 31.3 Å². The summed E-state index contributed by atoms with van der Waals surface area (Å²) < 4.78 is 52.8. The maximum atomic E-state index is 13.4. The molecule has 1 fully saturated rings. The smallest absolute Gasteiger partial charge is 0.240 e. The maximum absolute atomic E-state index is 13.4. The molecule has 0 radical (unpaired) electrons. The number of nitrogens with zero attached hydrogens (tertiary/aromatic N) is 1. The number of sulfonamides is 1. The molecule has 2 aromatic rings. The van der Waals surface area contributed by atoms with Gasteiger partial charge in [0.15, 0.2) is 0 Å². The predicted molar refractivity (Wildman–Crippen MR) is 101 cm³/mol. The van der Waals surface area contributed by atoms with Crippen molar-refractivity contribution in [1.29, 1.82) is 0 Å².